The lowest BCUT2D eigenvalue weighted by atomic mass is 10.2. The zero-order chi connectivity index (χ0) is 5.33. The van der Waals surface area contributed by atoms with Crippen LogP contribution in [-0.4, -0.2) is 10.8 Å². The lowest BCUT2D eigenvalue weighted by Crippen LogP contribution is -2.34. The number of allylic oxidation sites excluding steroid dienone is 1. The SMILES string of the molecule is Cl.NC1(O)C=CCC1. The van der Waals surface area contributed by atoms with Gasteiger partial charge < -0.3 is 10.8 Å². The van der Waals surface area contributed by atoms with E-state index in [2.05, 4.69) is 0 Å². The summed E-state index contributed by atoms with van der Waals surface area (Å²) in [5, 5.41) is 8.89. The fraction of sp³-hybridized carbons (Fsp3) is 0.600. The summed E-state index contributed by atoms with van der Waals surface area (Å²) in [6.45, 7) is 0. The molecule has 0 radical (unpaired) electrons. The second-order valence-corrected chi connectivity index (χ2v) is 1.93. The fourth-order valence-electron chi connectivity index (χ4n) is 0.685. The normalized spacial score (nSPS) is 34.8. The molecule has 1 unspecified atom stereocenters. The standard InChI is InChI=1S/C5H9NO.ClH/c6-5(7)3-1-2-4-5;/h1,3,7H,2,4,6H2;1H. The minimum absolute atomic E-state index is 0. The van der Waals surface area contributed by atoms with Crippen molar-refractivity contribution in [2.75, 3.05) is 0 Å². The van der Waals surface area contributed by atoms with Crippen LogP contribution in [0, 0.1) is 0 Å². The van der Waals surface area contributed by atoms with Crippen LogP contribution >= 0.6 is 12.4 Å². The molecule has 1 aliphatic carbocycles. The molecule has 1 atom stereocenters. The lowest BCUT2D eigenvalue weighted by molar-refractivity contribution is 0.0985. The Labute approximate surface area is 54.8 Å². The summed E-state index contributed by atoms with van der Waals surface area (Å²) in [6.07, 6.45) is 5.10. The summed E-state index contributed by atoms with van der Waals surface area (Å²) in [7, 11) is 0. The summed E-state index contributed by atoms with van der Waals surface area (Å²) in [5.41, 5.74) is 4.26. The third kappa shape index (κ3) is 1.82. The Morgan fingerprint density at radius 3 is 2.38 bits per heavy atom. The molecular formula is C5H10ClNO. The van der Waals surface area contributed by atoms with Crippen molar-refractivity contribution in [1.82, 2.24) is 0 Å². The van der Waals surface area contributed by atoms with Crippen LogP contribution in [0.1, 0.15) is 12.8 Å². The quantitative estimate of drug-likeness (QED) is 0.373. The molecule has 3 heteroatoms. The van der Waals surface area contributed by atoms with Crippen molar-refractivity contribution in [2.45, 2.75) is 18.6 Å². The first kappa shape index (κ1) is 7.95. The van der Waals surface area contributed by atoms with Gasteiger partial charge in [0.05, 0.1) is 0 Å². The Kier molecular flexibility index (Phi) is 2.47. The molecule has 0 aromatic rings. The molecule has 0 fully saturated rings. The Balaban J connectivity index is 0.000000490. The third-order valence-electron chi connectivity index (χ3n) is 1.12. The van der Waals surface area contributed by atoms with Crippen LogP contribution in [0.2, 0.25) is 0 Å². The van der Waals surface area contributed by atoms with Crippen LogP contribution in [0.5, 0.6) is 0 Å². The average Bonchev–Trinajstić information content (AvgIpc) is 1.84. The molecule has 3 N–H and O–H groups in total. The number of aliphatic hydroxyl groups is 1. The molecule has 0 spiro atoms. The van der Waals surface area contributed by atoms with Crippen molar-refractivity contribution >= 4 is 12.4 Å². The van der Waals surface area contributed by atoms with Gasteiger partial charge in [-0.15, -0.1) is 12.4 Å². The van der Waals surface area contributed by atoms with Crippen LogP contribution in [0.4, 0.5) is 0 Å². The van der Waals surface area contributed by atoms with E-state index in [4.69, 9.17) is 10.8 Å². The molecule has 48 valence electrons. The largest absolute Gasteiger partial charge is 0.372 e. The molecule has 0 aromatic heterocycles. The van der Waals surface area contributed by atoms with Crippen LogP contribution in [0.15, 0.2) is 12.2 Å². The van der Waals surface area contributed by atoms with Crippen molar-refractivity contribution < 1.29 is 5.11 Å². The van der Waals surface area contributed by atoms with Crippen molar-refractivity contribution in [3.05, 3.63) is 12.2 Å². The van der Waals surface area contributed by atoms with E-state index in [-0.39, 0.29) is 12.4 Å². The Morgan fingerprint density at radius 2 is 2.25 bits per heavy atom. The van der Waals surface area contributed by atoms with Gasteiger partial charge in [0.15, 0.2) is 0 Å². The lowest BCUT2D eigenvalue weighted by Gasteiger charge is -2.10. The number of hydrogen-bond acceptors (Lipinski definition) is 2. The number of hydrogen-bond donors (Lipinski definition) is 2. The molecule has 0 saturated heterocycles. The van der Waals surface area contributed by atoms with Gasteiger partial charge in [-0.05, 0) is 18.9 Å². The summed E-state index contributed by atoms with van der Waals surface area (Å²) in [4.78, 5) is 0. The molecule has 1 aliphatic rings. The Morgan fingerprint density at radius 1 is 1.62 bits per heavy atom. The van der Waals surface area contributed by atoms with Gasteiger partial charge in [-0.3, -0.25) is 0 Å². The number of rotatable bonds is 0. The molecule has 0 amide bonds. The third-order valence-corrected chi connectivity index (χ3v) is 1.12. The van der Waals surface area contributed by atoms with Crippen LogP contribution < -0.4 is 5.73 Å². The van der Waals surface area contributed by atoms with Crippen molar-refractivity contribution in [3.8, 4) is 0 Å². The highest BCUT2D eigenvalue weighted by Gasteiger charge is 2.18. The highest BCUT2D eigenvalue weighted by atomic mass is 35.5. The molecule has 8 heavy (non-hydrogen) atoms. The van der Waals surface area contributed by atoms with Gasteiger partial charge in [0.1, 0.15) is 5.72 Å². The number of nitrogens with two attached hydrogens (primary N) is 1. The Hall–Kier alpha value is -0.0500. The molecule has 0 bridgehead atoms. The maximum atomic E-state index is 8.89. The van der Waals surface area contributed by atoms with E-state index < -0.39 is 5.72 Å². The molecule has 0 heterocycles. The summed E-state index contributed by atoms with van der Waals surface area (Å²) < 4.78 is 0. The van der Waals surface area contributed by atoms with Crippen molar-refractivity contribution in [3.63, 3.8) is 0 Å². The van der Waals surface area contributed by atoms with E-state index in [1.165, 1.54) is 0 Å². The summed E-state index contributed by atoms with van der Waals surface area (Å²) in [6, 6.07) is 0. The van der Waals surface area contributed by atoms with E-state index in [9.17, 15) is 0 Å². The first-order valence-corrected chi connectivity index (χ1v) is 2.40. The van der Waals surface area contributed by atoms with Gasteiger partial charge in [0.25, 0.3) is 0 Å². The highest BCUT2D eigenvalue weighted by Crippen LogP contribution is 2.14. The maximum absolute atomic E-state index is 8.89. The zero-order valence-electron chi connectivity index (χ0n) is 4.50. The first-order chi connectivity index (χ1) is 3.21. The van der Waals surface area contributed by atoms with Gasteiger partial charge in [0, 0.05) is 0 Å². The smallest absolute Gasteiger partial charge is 0.132 e. The second kappa shape index (κ2) is 2.49. The molecule has 0 aromatic carbocycles. The van der Waals surface area contributed by atoms with Crippen molar-refractivity contribution in [1.29, 1.82) is 0 Å². The molecule has 2 nitrogen and oxygen atoms in total. The van der Waals surface area contributed by atoms with E-state index in [1.807, 2.05) is 6.08 Å². The van der Waals surface area contributed by atoms with E-state index in [0.717, 1.165) is 6.42 Å². The van der Waals surface area contributed by atoms with E-state index in [0.29, 0.717) is 6.42 Å². The summed E-state index contributed by atoms with van der Waals surface area (Å²) in [5.74, 6) is 0. The maximum Gasteiger partial charge on any atom is 0.132 e. The summed E-state index contributed by atoms with van der Waals surface area (Å²) >= 11 is 0. The van der Waals surface area contributed by atoms with Gasteiger partial charge in [-0.1, -0.05) is 6.08 Å². The average molecular weight is 136 g/mol. The predicted octanol–water partition coefficient (Wildman–Crippen LogP) is 0.406. The minimum atomic E-state index is -0.986. The highest BCUT2D eigenvalue weighted by molar-refractivity contribution is 5.85. The van der Waals surface area contributed by atoms with Gasteiger partial charge in [-0.25, -0.2) is 0 Å². The van der Waals surface area contributed by atoms with Crippen molar-refractivity contribution in [2.24, 2.45) is 5.73 Å². The van der Waals surface area contributed by atoms with Crippen LogP contribution in [0.25, 0.3) is 0 Å². The van der Waals surface area contributed by atoms with Gasteiger partial charge in [-0.2, -0.15) is 0 Å². The molecule has 0 saturated carbocycles. The monoisotopic (exact) mass is 135 g/mol. The fourth-order valence-corrected chi connectivity index (χ4v) is 0.685. The zero-order valence-corrected chi connectivity index (χ0v) is 5.32. The second-order valence-electron chi connectivity index (χ2n) is 1.93. The van der Waals surface area contributed by atoms with Gasteiger partial charge >= 0.3 is 0 Å². The van der Waals surface area contributed by atoms with Crippen LogP contribution in [0.3, 0.4) is 0 Å². The first-order valence-electron chi connectivity index (χ1n) is 2.40. The minimum Gasteiger partial charge on any atom is -0.372 e. The molecular weight excluding hydrogens is 126 g/mol. The predicted molar refractivity (Wildman–Crippen MR) is 34.8 cm³/mol. The molecule has 0 aliphatic heterocycles. The number of halogens is 1. The van der Waals surface area contributed by atoms with E-state index >= 15 is 0 Å². The topological polar surface area (TPSA) is 46.2 Å². The Bertz CT molecular complexity index is 101. The molecule has 1 rings (SSSR count). The van der Waals surface area contributed by atoms with Crippen LogP contribution in [-0.2, 0) is 0 Å². The van der Waals surface area contributed by atoms with Gasteiger partial charge in [0.2, 0.25) is 0 Å². The van der Waals surface area contributed by atoms with E-state index in [1.54, 1.807) is 6.08 Å².